The van der Waals surface area contributed by atoms with Crippen LogP contribution in [-0.2, 0) is 14.3 Å². The molecule has 2 aliphatic carbocycles. The Bertz CT molecular complexity index is 954. The van der Waals surface area contributed by atoms with Crippen molar-refractivity contribution in [3.05, 3.63) is 59.7 Å². The first kappa shape index (κ1) is 21.9. The van der Waals surface area contributed by atoms with Crippen LogP contribution in [0.25, 0.3) is 11.1 Å². The zero-order chi connectivity index (χ0) is 22.5. The molecule has 1 unspecified atom stereocenters. The van der Waals surface area contributed by atoms with Crippen LogP contribution >= 0.6 is 0 Å². The summed E-state index contributed by atoms with van der Waals surface area (Å²) in [5, 5.41) is 14.4. The van der Waals surface area contributed by atoms with E-state index in [1.165, 1.54) is 0 Å². The average Bonchev–Trinajstić information content (AvgIpc) is 3.42. The smallest absolute Gasteiger partial charge is 0.407 e. The SMILES string of the molecule is O=C(O)CC(NC(=O)CNC(=O)OCC1c2ccccc2-c2ccccc21)C1CCCC1. The molecular formula is C25H28N2O5. The number of fused-ring (bicyclic) bond motifs is 3. The van der Waals surface area contributed by atoms with E-state index < -0.39 is 24.0 Å². The fraction of sp³-hybridized carbons (Fsp3) is 0.400. The van der Waals surface area contributed by atoms with Crippen molar-refractivity contribution in [1.29, 1.82) is 0 Å². The van der Waals surface area contributed by atoms with Crippen LogP contribution in [0.1, 0.15) is 49.1 Å². The van der Waals surface area contributed by atoms with E-state index in [9.17, 15) is 14.4 Å². The van der Waals surface area contributed by atoms with Gasteiger partial charge < -0.3 is 20.5 Å². The molecule has 0 spiro atoms. The standard InChI is InChI=1S/C25H28N2O5/c28-23(27-22(13-24(29)30)16-7-1-2-8-16)14-26-25(31)32-15-21-19-11-5-3-9-17(19)18-10-4-6-12-20(18)21/h3-6,9-12,16,21-22H,1-2,7-8,13-15H2,(H,26,31)(H,27,28)(H,29,30). The molecule has 1 atom stereocenters. The minimum Gasteiger partial charge on any atom is -0.481 e. The number of rotatable bonds is 8. The van der Waals surface area contributed by atoms with Gasteiger partial charge in [0.05, 0.1) is 6.42 Å². The molecule has 0 aliphatic heterocycles. The molecule has 7 nitrogen and oxygen atoms in total. The number of nitrogens with one attached hydrogen (secondary N) is 2. The highest BCUT2D eigenvalue weighted by Crippen LogP contribution is 2.44. The third-order valence-electron chi connectivity index (χ3n) is 6.45. The van der Waals surface area contributed by atoms with Gasteiger partial charge in [0.1, 0.15) is 13.2 Å². The second kappa shape index (κ2) is 9.85. The van der Waals surface area contributed by atoms with Crippen molar-refractivity contribution in [2.75, 3.05) is 13.2 Å². The summed E-state index contributed by atoms with van der Waals surface area (Å²) in [4.78, 5) is 35.7. The Morgan fingerprint density at radius 2 is 1.56 bits per heavy atom. The van der Waals surface area contributed by atoms with Crippen LogP contribution in [0.15, 0.2) is 48.5 Å². The number of alkyl carbamates (subject to hydrolysis) is 1. The highest BCUT2D eigenvalue weighted by Gasteiger charge is 2.30. The lowest BCUT2D eigenvalue weighted by atomic mass is 9.95. The summed E-state index contributed by atoms with van der Waals surface area (Å²) < 4.78 is 5.44. The summed E-state index contributed by atoms with van der Waals surface area (Å²) in [7, 11) is 0. The Morgan fingerprint density at radius 1 is 0.969 bits per heavy atom. The Hall–Kier alpha value is -3.35. The lowest BCUT2D eigenvalue weighted by molar-refractivity contribution is -0.138. The van der Waals surface area contributed by atoms with Crippen molar-refractivity contribution < 1.29 is 24.2 Å². The van der Waals surface area contributed by atoms with Crippen LogP contribution in [0, 0.1) is 5.92 Å². The van der Waals surface area contributed by atoms with Gasteiger partial charge in [-0.3, -0.25) is 9.59 Å². The predicted octanol–water partition coefficient (Wildman–Crippen LogP) is 3.67. The molecule has 4 rings (SSSR count). The average molecular weight is 437 g/mol. The van der Waals surface area contributed by atoms with Crippen LogP contribution < -0.4 is 10.6 Å². The molecule has 2 aliphatic rings. The van der Waals surface area contributed by atoms with Crippen LogP contribution in [0.3, 0.4) is 0 Å². The van der Waals surface area contributed by atoms with Gasteiger partial charge in [-0.05, 0) is 41.0 Å². The minimum atomic E-state index is -0.938. The Labute approximate surface area is 187 Å². The van der Waals surface area contributed by atoms with Crippen molar-refractivity contribution >= 4 is 18.0 Å². The van der Waals surface area contributed by atoms with E-state index in [1.54, 1.807) is 0 Å². The molecule has 2 aromatic carbocycles. The number of aliphatic carboxylic acids is 1. The van der Waals surface area contributed by atoms with Gasteiger partial charge in [0.2, 0.25) is 5.91 Å². The van der Waals surface area contributed by atoms with E-state index in [0.717, 1.165) is 47.9 Å². The molecular weight excluding hydrogens is 408 g/mol. The second-order valence-electron chi connectivity index (χ2n) is 8.50. The highest BCUT2D eigenvalue weighted by atomic mass is 16.5. The minimum absolute atomic E-state index is 0.0516. The van der Waals surface area contributed by atoms with Crippen molar-refractivity contribution in [2.45, 2.75) is 44.1 Å². The van der Waals surface area contributed by atoms with E-state index in [1.807, 2.05) is 36.4 Å². The topological polar surface area (TPSA) is 105 Å². The summed E-state index contributed by atoms with van der Waals surface area (Å²) in [6.07, 6.45) is 3.15. The fourth-order valence-corrected chi connectivity index (χ4v) is 4.94. The van der Waals surface area contributed by atoms with Gasteiger partial charge in [0.25, 0.3) is 0 Å². The number of carbonyl (C=O) groups is 3. The maximum absolute atomic E-state index is 12.3. The number of carbonyl (C=O) groups excluding carboxylic acids is 2. The van der Waals surface area contributed by atoms with Gasteiger partial charge in [-0.25, -0.2) is 4.79 Å². The number of amides is 2. The normalized spacial score (nSPS) is 16.1. The quantitative estimate of drug-likeness (QED) is 0.586. The molecule has 7 heteroatoms. The van der Waals surface area contributed by atoms with E-state index in [4.69, 9.17) is 9.84 Å². The number of hydrogen-bond donors (Lipinski definition) is 3. The molecule has 168 valence electrons. The van der Waals surface area contributed by atoms with Crippen LogP contribution in [0.4, 0.5) is 4.79 Å². The number of carboxylic acids is 1. The first-order chi connectivity index (χ1) is 15.5. The summed E-state index contributed by atoms with van der Waals surface area (Å²) in [6.45, 7) is -0.0787. The van der Waals surface area contributed by atoms with Crippen LogP contribution in [-0.4, -0.2) is 42.3 Å². The Kier molecular flexibility index (Phi) is 6.73. The van der Waals surface area contributed by atoms with Crippen molar-refractivity contribution in [1.82, 2.24) is 10.6 Å². The highest BCUT2D eigenvalue weighted by molar-refractivity contribution is 5.83. The van der Waals surface area contributed by atoms with E-state index in [0.29, 0.717) is 0 Å². The molecule has 2 aromatic rings. The van der Waals surface area contributed by atoms with Gasteiger partial charge in [-0.15, -0.1) is 0 Å². The number of carboxylic acid groups (broad SMARTS) is 1. The third-order valence-corrected chi connectivity index (χ3v) is 6.45. The van der Waals surface area contributed by atoms with Gasteiger partial charge in [-0.2, -0.15) is 0 Å². The van der Waals surface area contributed by atoms with Crippen molar-refractivity contribution in [3.63, 3.8) is 0 Å². The molecule has 0 heterocycles. The van der Waals surface area contributed by atoms with Crippen molar-refractivity contribution in [3.8, 4) is 11.1 Å². The molecule has 0 aromatic heterocycles. The number of hydrogen-bond acceptors (Lipinski definition) is 4. The molecule has 1 fully saturated rings. The summed E-state index contributed by atoms with van der Waals surface area (Å²) in [5.41, 5.74) is 4.53. The zero-order valence-corrected chi connectivity index (χ0v) is 17.9. The Balaban J connectivity index is 1.29. The second-order valence-corrected chi connectivity index (χ2v) is 8.50. The molecule has 0 radical (unpaired) electrons. The zero-order valence-electron chi connectivity index (χ0n) is 17.9. The molecule has 0 bridgehead atoms. The van der Waals surface area contributed by atoms with Gasteiger partial charge in [-0.1, -0.05) is 61.4 Å². The first-order valence-corrected chi connectivity index (χ1v) is 11.1. The number of ether oxygens (including phenoxy) is 1. The lowest BCUT2D eigenvalue weighted by Crippen LogP contribution is -2.45. The maximum Gasteiger partial charge on any atom is 0.407 e. The number of benzene rings is 2. The van der Waals surface area contributed by atoms with Gasteiger partial charge in [0, 0.05) is 12.0 Å². The molecule has 1 saturated carbocycles. The van der Waals surface area contributed by atoms with Gasteiger partial charge >= 0.3 is 12.1 Å². The summed E-state index contributed by atoms with van der Waals surface area (Å²) in [5.74, 6) is -1.22. The molecule has 0 saturated heterocycles. The fourth-order valence-electron chi connectivity index (χ4n) is 4.94. The van der Waals surface area contributed by atoms with E-state index in [-0.39, 0.29) is 31.4 Å². The van der Waals surface area contributed by atoms with Gasteiger partial charge in [0.15, 0.2) is 0 Å². The van der Waals surface area contributed by atoms with E-state index >= 15 is 0 Å². The van der Waals surface area contributed by atoms with Crippen LogP contribution in [0.2, 0.25) is 0 Å². The maximum atomic E-state index is 12.3. The summed E-state index contributed by atoms with van der Waals surface area (Å²) >= 11 is 0. The first-order valence-electron chi connectivity index (χ1n) is 11.1. The third kappa shape index (κ3) is 4.93. The van der Waals surface area contributed by atoms with Crippen LogP contribution in [0.5, 0.6) is 0 Å². The summed E-state index contributed by atoms with van der Waals surface area (Å²) in [6, 6.07) is 15.7. The predicted molar refractivity (Wildman–Crippen MR) is 119 cm³/mol. The van der Waals surface area contributed by atoms with E-state index in [2.05, 4.69) is 22.8 Å². The monoisotopic (exact) mass is 436 g/mol. The lowest BCUT2D eigenvalue weighted by Gasteiger charge is -2.23. The molecule has 3 N–H and O–H groups in total. The molecule has 2 amide bonds. The Morgan fingerprint density at radius 3 is 2.16 bits per heavy atom. The molecule has 32 heavy (non-hydrogen) atoms. The largest absolute Gasteiger partial charge is 0.481 e. The van der Waals surface area contributed by atoms with Crippen molar-refractivity contribution in [2.24, 2.45) is 5.92 Å².